The number of fused-ring (bicyclic) bond motifs is 1. The third-order valence-corrected chi connectivity index (χ3v) is 10.4. The van der Waals surface area contributed by atoms with Gasteiger partial charge in [-0.05, 0) is 75.8 Å². The lowest BCUT2D eigenvalue weighted by Crippen LogP contribution is -2.40. The lowest BCUT2D eigenvalue weighted by molar-refractivity contribution is -0.138. The third kappa shape index (κ3) is 7.32. The summed E-state index contributed by atoms with van der Waals surface area (Å²) in [7, 11) is 1.55. The molecule has 0 unspecified atom stereocenters. The minimum absolute atomic E-state index is 0.178. The van der Waals surface area contributed by atoms with Crippen molar-refractivity contribution < 1.29 is 19.0 Å². The van der Waals surface area contributed by atoms with Crippen molar-refractivity contribution in [1.82, 2.24) is 4.57 Å². The number of esters is 1. The first kappa shape index (κ1) is 35.7. The van der Waals surface area contributed by atoms with E-state index < -0.39 is 12.0 Å². The van der Waals surface area contributed by atoms with E-state index in [1.165, 1.54) is 11.3 Å². The normalized spacial score (nSPS) is 14.4. The Morgan fingerprint density at radius 2 is 1.78 bits per heavy atom. The fraction of sp³-hybridized carbons (Fsp3) is 0.205. The summed E-state index contributed by atoms with van der Waals surface area (Å²) >= 11 is 17.3. The van der Waals surface area contributed by atoms with E-state index in [4.69, 9.17) is 42.4 Å². The molecule has 1 aliphatic heterocycles. The zero-order chi connectivity index (χ0) is 35.5. The van der Waals surface area contributed by atoms with Crippen molar-refractivity contribution in [2.24, 2.45) is 4.99 Å². The van der Waals surface area contributed by atoms with Crippen LogP contribution in [0.25, 0.3) is 11.8 Å². The number of aromatic nitrogens is 1. The van der Waals surface area contributed by atoms with Crippen LogP contribution in [0.15, 0.2) is 105 Å². The van der Waals surface area contributed by atoms with Crippen LogP contribution in [0.3, 0.4) is 0 Å². The number of halogens is 3. The van der Waals surface area contributed by atoms with E-state index in [2.05, 4.69) is 29.8 Å². The predicted molar refractivity (Wildman–Crippen MR) is 203 cm³/mol. The Balaban J connectivity index is 1.49. The molecule has 256 valence electrons. The zero-order valence-corrected chi connectivity index (χ0v) is 31.6. The molecule has 1 aliphatic rings. The van der Waals surface area contributed by atoms with Crippen LogP contribution in [-0.4, -0.2) is 24.3 Å². The maximum Gasteiger partial charge on any atom is 0.338 e. The first-order valence-corrected chi connectivity index (χ1v) is 18.3. The summed E-state index contributed by atoms with van der Waals surface area (Å²) in [6, 6.07) is 25.6. The van der Waals surface area contributed by atoms with Crippen LogP contribution in [-0.2, 0) is 16.1 Å². The van der Waals surface area contributed by atoms with Gasteiger partial charge in [0, 0.05) is 21.2 Å². The van der Waals surface area contributed by atoms with Crippen LogP contribution in [0.4, 0.5) is 0 Å². The van der Waals surface area contributed by atoms with E-state index in [0.29, 0.717) is 58.1 Å². The van der Waals surface area contributed by atoms with Crippen molar-refractivity contribution in [2.45, 2.75) is 39.3 Å². The average molecular weight is 793 g/mol. The van der Waals surface area contributed by atoms with Crippen molar-refractivity contribution in [1.29, 1.82) is 0 Å². The summed E-state index contributed by atoms with van der Waals surface area (Å²) in [5, 5.41) is 1.03. The molecule has 0 fully saturated rings. The molecule has 2 heterocycles. The second-order valence-corrected chi connectivity index (χ2v) is 14.5. The second-order valence-electron chi connectivity index (χ2n) is 11.8. The van der Waals surface area contributed by atoms with Crippen LogP contribution in [0.1, 0.15) is 60.5 Å². The molecule has 0 saturated heterocycles. The molecule has 5 aromatic rings. The van der Waals surface area contributed by atoms with Gasteiger partial charge in [0.05, 0.1) is 40.0 Å². The lowest BCUT2D eigenvalue weighted by Gasteiger charge is -2.26. The fourth-order valence-corrected chi connectivity index (χ4v) is 7.76. The molecule has 0 saturated carbocycles. The second kappa shape index (κ2) is 15.4. The van der Waals surface area contributed by atoms with Gasteiger partial charge in [-0.3, -0.25) is 9.36 Å². The Labute approximate surface area is 312 Å². The first-order chi connectivity index (χ1) is 24.1. The quantitative estimate of drug-likeness (QED) is 0.132. The van der Waals surface area contributed by atoms with Gasteiger partial charge in [-0.15, -0.1) is 0 Å². The highest BCUT2D eigenvalue weighted by atomic mass is 79.9. The van der Waals surface area contributed by atoms with Crippen molar-refractivity contribution in [3.05, 3.63) is 153 Å². The van der Waals surface area contributed by atoms with E-state index in [-0.39, 0.29) is 18.8 Å². The van der Waals surface area contributed by atoms with Gasteiger partial charge in [-0.2, -0.15) is 0 Å². The number of rotatable bonds is 10. The van der Waals surface area contributed by atoms with Crippen LogP contribution in [0.5, 0.6) is 11.5 Å². The maximum atomic E-state index is 14.4. The number of benzene rings is 4. The summed E-state index contributed by atoms with van der Waals surface area (Å²) < 4.78 is 20.1. The molecule has 4 aromatic carbocycles. The number of carbonyl (C=O) groups excluding carboxylic acids is 1. The van der Waals surface area contributed by atoms with E-state index >= 15 is 0 Å². The molecule has 1 aromatic heterocycles. The lowest BCUT2D eigenvalue weighted by atomic mass is 9.91. The highest BCUT2D eigenvalue weighted by Crippen LogP contribution is 2.39. The largest absolute Gasteiger partial charge is 0.493 e. The number of hydrogen-bond acceptors (Lipinski definition) is 7. The molecule has 0 aliphatic carbocycles. The topological polar surface area (TPSA) is 79.1 Å². The molecular formula is C39H33BrCl2N2O5S. The number of thiazole rings is 1. The number of ether oxygens (including phenoxy) is 3. The van der Waals surface area contributed by atoms with Gasteiger partial charge >= 0.3 is 5.97 Å². The third-order valence-electron chi connectivity index (χ3n) is 8.23. The average Bonchev–Trinajstić information content (AvgIpc) is 3.41. The van der Waals surface area contributed by atoms with E-state index in [0.717, 1.165) is 22.3 Å². The highest BCUT2D eigenvalue weighted by molar-refractivity contribution is 9.10. The zero-order valence-electron chi connectivity index (χ0n) is 27.7. The van der Waals surface area contributed by atoms with Crippen molar-refractivity contribution in [2.75, 3.05) is 13.7 Å². The number of carbonyl (C=O) groups is 1. The Hall–Kier alpha value is -4.15. The molecule has 0 amide bonds. The summed E-state index contributed by atoms with van der Waals surface area (Å²) in [4.78, 5) is 33.6. The van der Waals surface area contributed by atoms with E-state index in [9.17, 15) is 9.59 Å². The van der Waals surface area contributed by atoms with Crippen LogP contribution < -0.4 is 24.4 Å². The van der Waals surface area contributed by atoms with Crippen LogP contribution in [0, 0.1) is 0 Å². The van der Waals surface area contributed by atoms with E-state index in [1.807, 2.05) is 66.7 Å². The molecular weight excluding hydrogens is 759 g/mol. The molecule has 6 rings (SSSR count). The molecule has 7 nitrogen and oxygen atoms in total. The summed E-state index contributed by atoms with van der Waals surface area (Å²) in [6.07, 6.45) is 1.78. The van der Waals surface area contributed by atoms with Gasteiger partial charge < -0.3 is 14.2 Å². The standard InChI is InChI=1S/C39H33BrCl2N2O5S/c1-5-48-38(46)33-34(25-9-7-6-8-10-25)43-39-44(35(33)26-13-11-24(12-14-26)22(2)3)37(45)32(50-39)19-23-17-29(40)36(31(18-23)47-4)49-21-27-15-16-28(41)20-30(27)42/h6-20,22,35H,5,21H2,1-4H3/b32-19-/t35-/m1/s1. The molecule has 0 spiro atoms. The summed E-state index contributed by atoms with van der Waals surface area (Å²) in [5.74, 6) is 0.733. The summed E-state index contributed by atoms with van der Waals surface area (Å²) in [6.45, 7) is 6.37. The fourth-order valence-electron chi connectivity index (χ4n) is 5.72. The first-order valence-electron chi connectivity index (χ1n) is 15.9. The van der Waals surface area contributed by atoms with Gasteiger partial charge in [0.1, 0.15) is 6.61 Å². The molecule has 0 N–H and O–H groups in total. The van der Waals surface area contributed by atoms with Gasteiger partial charge in [0.15, 0.2) is 16.3 Å². The SMILES string of the molecule is CCOC(=O)C1=C(c2ccccc2)N=c2s/c(=C\c3cc(Br)c(OCc4ccc(Cl)cc4Cl)c(OC)c3)c(=O)n2[C@@H]1c1ccc(C(C)C)cc1. The highest BCUT2D eigenvalue weighted by Gasteiger charge is 2.35. The Morgan fingerprint density at radius 1 is 1.04 bits per heavy atom. The van der Waals surface area contributed by atoms with Crippen LogP contribution >= 0.6 is 50.5 Å². The summed E-state index contributed by atoms with van der Waals surface area (Å²) in [5.41, 5.74) is 4.63. The van der Waals surface area contributed by atoms with Crippen molar-refractivity contribution >= 4 is 68.2 Å². The Kier molecular flexibility index (Phi) is 11.0. The number of hydrogen-bond donors (Lipinski definition) is 0. The Morgan fingerprint density at radius 3 is 2.44 bits per heavy atom. The Bertz CT molecular complexity index is 2280. The molecule has 0 bridgehead atoms. The van der Waals surface area contributed by atoms with Gasteiger partial charge in [-0.25, -0.2) is 9.79 Å². The molecule has 50 heavy (non-hydrogen) atoms. The number of nitrogens with zero attached hydrogens (tertiary/aromatic N) is 2. The van der Waals surface area contributed by atoms with Crippen molar-refractivity contribution in [3.8, 4) is 11.5 Å². The van der Waals surface area contributed by atoms with Gasteiger partial charge in [0.25, 0.3) is 5.56 Å². The van der Waals surface area contributed by atoms with Gasteiger partial charge in [0.2, 0.25) is 0 Å². The molecule has 0 radical (unpaired) electrons. The number of methoxy groups -OCH3 is 1. The monoisotopic (exact) mass is 790 g/mol. The predicted octanol–water partition coefficient (Wildman–Crippen LogP) is 8.72. The minimum atomic E-state index is -0.763. The smallest absolute Gasteiger partial charge is 0.338 e. The maximum absolute atomic E-state index is 14.4. The van der Waals surface area contributed by atoms with Crippen LogP contribution in [0.2, 0.25) is 10.0 Å². The van der Waals surface area contributed by atoms with E-state index in [1.54, 1.807) is 42.9 Å². The minimum Gasteiger partial charge on any atom is -0.493 e. The molecule has 11 heteroatoms. The molecule has 1 atom stereocenters. The van der Waals surface area contributed by atoms with Crippen molar-refractivity contribution in [3.63, 3.8) is 0 Å². The van der Waals surface area contributed by atoms with Gasteiger partial charge in [-0.1, -0.05) is 109 Å².